The summed E-state index contributed by atoms with van der Waals surface area (Å²) >= 11 is 0. The third kappa shape index (κ3) is 1.09. The second-order valence-corrected chi connectivity index (χ2v) is 2.74. The van der Waals surface area contributed by atoms with Crippen LogP contribution < -0.4 is 0 Å². The fraction of sp³-hybridized carbons (Fsp3) is 0.667. The summed E-state index contributed by atoms with van der Waals surface area (Å²) in [6, 6.07) is 0. The lowest BCUT2D eigenvalue weighted by Crippen LogP contribution is -2.42. The molecule has 50 valence electrons. The molecule has 0 atom stereocenters. The molecule has 0 radical (unpaired) electrons. The fourth-order valence-corrected chi connectivity index (χ4v) is 0.522. The molecule has 0 N–H and O–H groups in total. The van der Waals surface area contributed by atoms with Crippen LogP contribution in [-0.4, -0.2) is 30.0 Å². The first kappa shape index (κ1) is 6.26. The van der Waals surface area contributed by atoms with Gasteiger partial charge >= 0.3 is 0 Å². The number of nitrogens with zero attached hydrogens (tertiary/aromatic N) is 3. The summed E-state index contributed by atoms with van der Waals surface area (Å²) in [6.45, 7) is 4.17. The Labute approximate surface area is 55.1 Å². The molecule has 0 amide bonds. The first-order valence-electron chi connectivity index (χ1n) is 2.93. The van der Waals surface area contributed by atoms with Gasteiger partial charge in [-0.3, -0.25) is 0 Å². The van der Waals surface area contributed by atoms with Gasteiger partial charge in [-0.1, -0.05) is 0 Å². The zero-order valence-corrected chi connectivity index (χ0v) is 6.00. The predicted molar refractivity (Wildman–Crippen MR) is 38.8 cm³/mol. The molecule has 0 saturated carbocycles. The Kier molecular flexibility index (Phi) is 1.27. The van der Waals surface area contributed by atoms with Gasteiger partial charge in [-0.05, 0) is 13.8 Å². The van der Waals surface area contributed by atoms with Crippen molar-refractivity contribution in [3.8, 4) is 0 Å². The average molecular weight is 125 g/mol. The summed E-state index contributed by atoms with van der Waals surface area (Å²) in [5, 5.41) is 7.51. The quantitative estimate of drug-likeness (QED) is 0.469. The van der Waals surface area contributed by atoms with E-state index in [0.717, 1.165) is 0 Å². The van der Waals surface area contributed by atoms with Gasteiger partial charge in [0.1, 0.15) is 6.34 Å². The zero-order valence-electron chi connectivity index (χ0n) is 6.00. The molecule has 3 heteroatoms. The topological polar surface area (TPSA) is 28.0 Å². The lowest BCUT2D eigenvalue weighted by molar-refractivity contribution is 0.356. The van der Waals surface area contributed by atoms with Gasteiger partial charge in [0.2, 0.25) is 0 Å². The van der Waals surface area contributed by atoms with E-state index in [4.69, 9.17) is 0 Å². The van der Waals surface area contributed by atoms with E-state index in [0.29, 0.717) is 0 Å². The van der Waals surface area contributed by atoms with E-state index in [9.17, 15) is 0 Å². The third-order valence-corrected chi connectivity index (χ3v) is 1.57. The van der Waals surface area contributed by atoms with Crippen molar-refractivity contribution < 1.29 is 0 Å². The van der Waals surface area contributed by atoms with E-state index in [2.05, 4.69) is 24.1 Å². The SMILES string of the molecule is CN1C=NN=CC1(C)C. The minimum absolute atomic E-state index is 0.0295. The summed E-state index contributed by atoms with van der Waals surface area (Å²) in [5.74, 6) is 0. The van der Waals surface area contributed by atoms with E-state index >= 15 is 0 Å². The Hall–Kier alpha value is -0.860. The second kappa shape index (κ2) is 1.83. The van der Waals surface area contributed by atoms with Crippen LogP contribution in [0.15, 0.2) is 10.2 Å². The van der Waals surface area contributed by atoms with E-state index in [1.807, 2.05) is 18.2 Å². The molecule has 3 nitrogen and oxygen atoms in total. The molecule has 1 rings (SSSR count). The number of hydrogen-bond acceptors (Lipinski definition) is 3. The van der Waals surface area contributed by atoms with Crippen molar-refractivity contribution in [2.75, 3.05) is 7.05 Å². The largest absolute Gasteiger partial charge is 0.354 e. The molecule has 0 aromatic carbocycles. The van der Waals surface area contributed by atoms with Gasteiger partial charge in [0.25, 0.3) is 0 Å². The minimum Gasteiger partial charge on any atom is -0.354 e. The molecule has 1 heterocycles. The highest BCUT2D eigenvalue weighted by molar-refractivity contribution is 5.76. The molecular weight excluding hydrogens is 114 g/mol. The molecule has 0 unspecified atom stereocenters. The maximum atomic E-state index is 3.78. The summed E-state index contributed by atoms with van der Waals surface area (Å²) in [4.78, 5) is 2.01. The number of hydrogen-bond donors (Lipinski definition) is 0. The van der Waals surface area contributed by atoms with Crippen molar-refractivity contribution in [1.29, 1.82) is 0 Å². The lowest BCUT2D eigenvalue weighted by atomic mass is 10.1. The summed E-state index contributed by atoms with van der Waals surface area (Å²) in [7, 11) is 1.98. The maximum absolute atomic E-state index is 3.78. The van der Waals surface area contributed by atoms with Crippen LogP contribution in [0.2, 0.25) is 0 Å². The van der Waals surface area contributed by atoms with Crippen LogP contribution in [0.25, 0.3) is 0 Å². The monoisotopic (exact) mass is 125 g/mol. The zero-order chi connectivity index (χ0) is 6.91. The standard InChI is InChI=1S/C6H11N3/c1-6(2)4-7-8-5-9(6)3/h4-5H,1-3H3. The van der Waals surface area contributed by atoms with Gasteiger partial charge in [0.15, 0.2) is 0 Å². The van der Waals surface area contributed by atoms with Crippen molar-refractivity contribution in [2.24, 2.45) is 10.2 Å². The molecule has 0 aromatic rings. The molecular formula is C6H11N3. The van der Waals surface area contributed by atoms with Gasteiger partial charge in [-0.25, -0.2) is 0 Å². The highest BCUT2D eigenvalue weighted by Crippen LogP contribution is 2.09. The molecule has 0 aliphatic carbocycles. The average Bonchev–Trinajstić information content (AvgIpc) is 1.77. The van der Waals surface area contributed by atoms with Gasteiger partial charge in [-0.15, -0.1) is 5.10 Å². The smallest absolute Gasteiger partial charge is 0.114 e. The van der Waals surface area contributed by atoms with Gasteiger partial charge in [0.05, 0.1) is 11.8 Å². The van der Waals surface area contributed by atoms with Gasteiger partial charge < -0.3 is 4.90 Å². The molecule has 1 aliphatic heterocycles. The van der Waals surface area contributed by atoms with E-state index in [-0.39, 0.29) is 5.54 Å². The Bertz CT molecular complexity index is 158. The van der Waals surface area contributed by atoms with Crippen molar-refractivity contribution in [3.63, 3.8) is 0 Å². The Morgan fingerprint density at radius 3 is 2.33 bits per heavy atom. The van der Waals surface area contributed by atoms with E-state index in [1.54, 1.807) is 6.34 Å². The third-order valence-electron chi connectivity index (χ3n) is 1.57. The van der Waals surface area contributed by atoms with Crippen molar-refractivity contribution in [1.82, 2.24) is 4.90 Å². The predicted octanol–water partition coefficient (Wildman–Crippen LogP) is 0.724. The summed E-state index contributed by atoms with van der Waals surface area (Å²) < 4.78 is 0. The first-order chi connectivity index (χ1) is 4.13. The lowest BCUT2D eigenvalue weighted by Gasteiger charge is -2.31. The molecule has 9 heavy (non-hydrogen) atoms. The Morgan fingerprint density at radius 2 is 2.00 bits per heavy atom. The van der Waals surface area contributed by atoms with E-state index < -0.39 is 0 Å². The van der Waals surface area contributed by atoms with Crippen LogP contribution in [0.4, 0.5) is 0 Å². The number of rotatable bonds is 0. The molecule has 0 saturated heterocycles. The molecule has 0 aromatic heterocycles. The first-order valence-corrected chi connectivity index (χ1v) is 2.93. The van der Waals surface area contributed by atoms with Crippen LogP contribution in [0, 0.1) is 0 Å². The van der Waals surface area contributed by atoms with Crippen molar-refractivity contribution in [2.45, 2.75) is 19.4 Å². The van der Waals surface area contributed by atoms with Crippen LogP contribution in [0.3, 0.4) is 0 Å². The van der Waals surface area contributed by atoms with Crippen LogP contribution in [0.1, 0.15) is 13.8 Å². The highest BCUT2D eigenvalue weighted by Gasteiger charge is 2.20. The molecule has 0 bridgehead atoms. The Morgan fingerprint density at radius 1 is 1.33 bits per heavy atom. The van der Waals surface area contributed by atoms with Crippen LogP contribution in [0.5, 0.6) is 0 Å². The van der Waals surface area contributed by atoms with Gasteiger partial charge in [-0.2, -0.15) is 5.10 Å². The van der Waals surface area contributed by atoms with Crippen LogP contribution in [-0.2, 0) is 0 Å². The fourth-order valence-electron chi connectivity index (χ4n) is 0.522. The molecule has 0 spiro atoms. The highest BCUT2D eigenvalue weighted by atomic mass is 15.3. The summed E-state index contributed by atoms with van der Waals surface area (Å²) in [6.07, 6.45) is 3.55. The Balaban J connectivity index is 2.78. The second-order valence-electron chi connectivity index (χ2n) is 2.74. The van der Waals surface area contributed by atoms with E-state index in [1.165, 1.54) is 0 Å². The van der Waals surface area contributed by atoms with Crippen LogP contribution >= 0.6 is 0 Å². The van der Waals surface area contributed by atoms with Crippen molar-refractivity contribution >= 4 is 12.6 Å². The minimum atomic E-state index is 0.0295. The molecule has 1 aliphatic rings. The summed E-state index contributed by atoms with van der Waals surface area (Å²) in [5.41, 5.74) is 0.0295. The molecule has 0 fully saturated rings. The van der Waals surface area contributed by atoms with Crippen molar-refractivity contribution in [3.05, 3.63) is 0 Å². The maximum Gasteiger partial charge on any atom is 0.114 e. The normalized spacial score (nSPS) is 22.8. The van der Waals surface area contributed by atoms with Gasteiger partial charge in [0, 0.05) is 7.05 Å².